The van der Waals surface area contributed by atoms with E-state index < -0.39 is 13.9 Å². The molecule has 0 spiro atoms. The Morgan fingerprint density at radius 3 is 1.26 bits per heavy atom. The zero-order chi connectivity index (χ0) is 50.5. The number of likely N-dealkylation sites (N-methyl/N-ethyl adjacent to an activating group) is 1. The maximum absolute atomic E-state index is 12.8. The van der Waals surface area contributed by atoms with Gasteiger partial charge in [0.15, 0.2) is 0 Å². The maximum Gasteiger partial charge on any atom is 0.306 e. The van der Waals surface area contributed by atoms with E-state index in [0.717, 1.165) is 89.9 Å². The van der Waals surface area contributed by atoms with Gasteiger partial charge in [0.1, 0.15) is 19.3 Å². The van der Waals surface area contributed by atoms with Crippen LogP contribution in [-0.2, 0) is 27.9 Å². The lowest BCUT2D eigenvalue weighted by molar-refractivity contribution is -0.870. The van der Waals surface area contributed by atoms with Gasteiger partial charge in [-0.25, -0.2) is 0 Å². The lowest BCUT2D eigenvalue weighted by Gasteiger charge is -2.28. The number of rotatable bonds is 50. The largest absolute Gasteiger partial charge is 0.756 e. The van der Waals surface area contributed by atoms with Crippen molar-refractivity contribution in [1.82, 2.24) is 0 Å². The van der Waals surface area contributed by atoms with E-state index in [0.29, 0.717) is 24.1 Å². The molecule has 0 fully saturated rings. The second-order valence-electron chi connectivity index (χ2n) is 19.2. The molecule has 2 atom stereocenters. The van der Waals surface area contributed by atoms with Gasteiger partial charge >= 0.3 is 5.97 Å². The second-order valence-corrected chi connectivity index (χ2v) is 20.6. The van der Waals surface area contributed by atoms with Crippen molar-refractivity contribution in [3.8, 4) is 0 Å². The molecular weight excluding hydrogens is 878 g/mol. The quantitative estimate of drug-likeness (QED) is 0.0197. The first-order valence-corrected chi connectivity index (χ1v) is 29.1. The number of allylic oxidation sites excluding steroid dienone is 18. The van der Waals surface area contributed by atoms with E-state index in [1.165, 1.54) is 96.3 Å². The van der Waals surface area contributed by atoms with Crippen molar-refractivity contribution < 1.29 is 37.3 Å². The molecule has 0 saturated carbocycles. The van der Waals surface area contributed by atoms with Crippen LogP contribution in [-0.4, -0.2) is 70.7 Å². The number of hydrogen-bond donors (Lipinski definition) is 0. The Hall–Kier alpha value is -2.84. The fraction of sp³-hybridized carbons (Fsp3) is 0.683. The third-order valence-electron chi connectivity index (χ3n) is 11.3. The first kappa shape index (κ1) is 66.2. The van der Waals surface area contributed by atoms with Gasteiger partial charge in [-0.2, -0.15) is 0 Å². The molecule has 2 unspecified atom stereocenters. The third-order valence-corrected chi connectivity index (χ3v) is 12.3. The van der Waals surface area contributed by atoms with Crippen molar-refractivity contribution in [2.75, 3.05) is 54.1 Å². The predicted molar refractivity (Wildman–Crippen MR) is 295 cm³/mol. The van der Waals surface area contributed by atoms with Crippen molar-refractivity contribution in [2.24, 2.45) is 0 Å². The fourth-order valence-electron chi connectivity index (χ4n) is 7.09. The number of phosphoric acid groups is 1. The summed E-state index contributed by atoms with van der Waals surface area (Å²) in [6, 6.07) is 0. The van der Waals surface area contributed by atoms with E-state index >= 15 is 0 Å². The van der Waals surface area contributed by atoms with Crippen LogP contribution >= 0.6 is 7.82 Å². The molecule has 0 aliphatic carbocycles. The summed E-state index contributed by atoms with van der Waals surface area (Å²) in [6.45, 7) is 5.16. The van der Waals surface area contributed by atoms with Gasteiger partial charge in [-0.05, 0) is 103 Å². The van der Waals surface area contributed by atoms with E-state index in [1.54, 1.807) is 0 Å². The first-order valence-electron chi connectivity index (χ1n) is 27.6. The average molecular weight is 982 g/mol. The highest BCUT2D eigenvalue weighted by Crippen LogP contribution is 2.38. The molecule has 0 aliphatic rings. The minimum Gasteiger partial charge on any atom is -0.756 e. The van der Waals surface area contributed by atoms with Gasteiger partial charge in [-0.3, -0.25) is 9.36 Å². The molecule has 0 saturated heterocycles. The molecule has 9 heteroatoms. The molecule has 0 aromatic heterocycles. The average Bonchev–Trinajstić information content (AvgIpc) is 3.31. The molecule has 0 aromatic rings. The van der Waals surface area contributed by atoms with Crippen LogP contribution in [0.15, 0.2) is 109 Å². The smallest absolute Gasteiger partial charge is 0.306 e. The molecule has 0 heterocycles. The molecule has 0 aromatic carbocycles. The topological polar surface area (TPSA) is 94.1 Å². The maximum atomic E-state index is 12.8. The zero-order valence-corrected chi connectivity index (χ0v) is 45.9. The highest BCUT2D eigenvalue weighted by molar-refractivity contribution is 7.45. The summed E-state index contributed by atoms with van der Waals surface area (Å²) in [5.41, 5.74) is 0. The Labute approximate surface area is 425 Å². The lowest BCUT2D eigenvalue weighted by atomic mass is 10.0. The summed E-state index contributed by atoms with van der Waals surface area (Å²) >= 11 is 0. The van der Waals surface area contributed by atoms with Gasteiger partial charge in [-0.1, -0.05) is 207 Å². The van der Waals surface area contributed by atoms with Gasteiger partial charge in [-0.15, -0.1) is 0 Å². The van der Waals surface area contributed by atoms with Crippen LogP contribution in [0.25, 0.3) is 0 Å². The van der Waals surface area contributed by atoms with Gasteiger partial charge in [0.2, 0.25) is 0 Å². The summed E-state index contributed by atoms with van der Waals surface area (Å²) in [4.78, 5) is 25.2. The number of quaternary nitrogens is 1. The highest BCUT2D eigenvalue weighted by Gasteiger charge is 2.20. The Morgan fingerprint density at radius 2 is 0.841 bits per heavy atom. The molecule has 0 aliphatic heterocycles. The third kappa shape index (κ3) is 56.0. The van der Waals surface area contributed by atoms with Gasteiger partial charge in [0, 0.05) is 13.0 Å². The number of ether oxygens (including phenoxy) is 2. The number of phosphoric ester groups is 1. The monoisotopic (exact) mass is 982 g/mol. The van der Waals surface area contributed by atoms with Crippen LogP contribution < -0.4 is 4.89 Å². The number of esters is 1. The number of carbonyl (C=O) groups excluding carboxylic acids is 1. The summed E-state index contributed by atoms with van der Waals surface area (Å²) in [7, 11) is 1.31. The Kier molecular flexibility index (Phi) is 49.4. The molecule has 396 valence electrons. The normalized spacial score (nSPS) is 14.3. The lowest BCUT2D eigenvalue weighted by Crippen LogP contribution is -2.37. The fourth-order valence-corrected chi connectivity index (χ4v) is 7.81. The second kappa shape index (κ2) is 51.5. The van der Waals surface area contributed by atoms with Crippen molar-refractivity contribution in [2.45, 2.75) is 213 Å². The van der Waals surface area contributed by atoms with Gasteiger partial charge in [0.05, 0.1) is 34.4 Å². The van der Waals surface area contributed by atoms with Crippen LogP contribution in [0.1, 0.15) is 206 Å². The Morgan fingerprint density at radius 1 is 0.464 bits per heavy atom. The molecule has 0 bridgehead atoms. The highest BCUT2D eigenvalue weighted by atomic mass is 31.2. The SMILES string of the molecule is CC/C=C\C/C=C\C/C=C\C/C=C\C/C=C\C/C=C\C/C=C\CCCCOCC(COP(=O)([O-])OCC[N+](C)(C)C)OC(=O)CCCCCCCCCCCCC/C=C\C/C=C\CCCCCCC. The summed E-state index contributed by atoms with van der Waals surface area (Å²) in [5, 5.41) is 0. The van der Waals surface area contributed by atoms with Gasteiger partial charge in [0.25, 0.3) is 7.82 Å². The van der Waals surface area contributed by atoms with E-state index in [1.807, 2.05) is 21.1 Å². The van der Waals surface area contributed by atoms with E-state index in [4.69, 9.17) is 18.5 Å². The molecule has 0 radical (unpaired) electrons. The molecule has 0 rings (SSSR count). The standard InChI is InChI=1S/C60H104NO7P/c1-6-8-10-12-14-16-18-20-22-24-26-28-30-32-34-36-38-40-42-44-46-48-50-52-55-65-57-59(58-67-69(63,64)66-56-54-61(3,4)5)68-60(62)53-51-49-47-45-43-41-39-37-35-33-31-29-27-25-23-21-19-17-15-13-11-9-7-2/h8,10,14,16,19-22,25-28,32,34,38,40,44,46,59H,6-7,9,11-13,15,17-18,23-24,29-31,33,35-37,39,41-43,45,47-58H2,1-5H3/b10-8-,16-14-,21-19-,22-20-,27-25-,28-26-,34-32-,40-38-,46-44-. The Balaban J connectivity index is 4.23. The molecule has 69 heavy (non-hydrogen) atoms. The molecule has 8 nitrogen and oxygen atoms in total. The van der Waals surface area contributed by atoms with Crippen LogP contribution in [0.2, 0.25) is 0 Å². The van der Waals surface area contributed by atoms with Crippen LogP contribution in [0.3, 0.4) is 0 Å². The van der Waals surface area contributed by atoms with Crippen molar-refractivity contribution in [3.05, 3.63) is 109 Å². The Bertz CT molecular complexity index is 1470. The number of unbranched alkanes of at least 4 members (excludes halogenated alkanes) is 18. The minimum absolute atomic E-state index is 0.0110. The first-order chi connectivity index (χ1) is 33.6. The van der Waals surface area contributed by atoms with E-state index in [2.05, 4.69) is 123 Å². The van der Waals surface area contributed by atoms with Crippen molar-refractivity contribution >= 4 is 13.8 Å². The van der Waals surface area contributed by atoms with Crippen LogP contribution in [0, 0.1) is 0 Å². The summed E-state index contributed by atoms with van der Waals surface area (Å²) in [6.07, 6.45) is 72.7. The number of carbonyl (C=O) groups is 1. The van der Waals surface area contributed by atoms with Crippen LogP contribution in [0.5, 0.6) is 0 Å². The molecule has 0 amide bonds. The number of nitrogens with zero attached hydrogens (tertiary/aromatic N) is 1. The predicted octanol–water partition coefficient (Wildman–Crippen LogP) is 16.9. The van der Waals surface area contributed by atoms with Gasteiger partial charge < -0.3 is 27.9 Å². The number of hydrogen-bond acceptors (Lipinski definition) is 7. The molecular formula is C60H104NO7P. The summed E-state index contributed by atoms with van der Waals surface area (Å²) in [5.74, 6) is -0.355. The zero-order valence-electron chi connectivity index (χ0n) is 45.0. The van der Waals surface area contributed by atoms with E-state index in [9.17, 15) is 14.3 Å². The summed E-state index contributed by atoms with van der Waals surface area (Å²) < 4.78 is 34.7. The van der Waals surface area contributed by atoms with Crippen LogP contribution in [0.4, 0.5) is 0 Å². The van der Waals surface area contributed by atoms with Crippen molar-refractivity contribution in [3.63, 3.8) is 0 Å². The molecule has 0 N–H and O–H groups in total. The van der Waals surface area contributed by atoms with Crippen molar-refractivity contribution in [1.29, 1.82) is 0 Å². The van der Waals surface area contributed by atoms with E-state index in [-0.39, 0.29) is 25.8 Å². The minimum atomic E-state index is -4.56.